The summed E-state index contributed by atoms with van der Waals surface area (Å²) in [5.74, 6) is 1.30. The highest BCUT2D eigenvalue weighted by atomic mass is 16.5. The smallest absolute Gasteiger partial charge is 0.160 e. The van der Waals surface area contributed by atoms with Gasteiger partial charge in [-0.25, -0.2) is 0 Å². The molecule has 192 valence electrons. The number of ether oxygens (including phenoxy) is 2. The molecule has 0 aromatic heterocycles. The van der Waals surface area contributed by atoms with Crippen molar-refractivity contribution in [1.29, 1.82) is 0 Å². The number of fused-ring (bicyclic) bond motifs is 1. The maximum absolute atomic E-state index is 6.43. The largest absolute Gasteiger partial charge is 0.481 e. The normalized spacial score (nSPS) is 33.0. The molecule has 35 heavy (non-hydrogen) atoms. The van der Waals surface area contributed by atoms with Gasteiger partial charge in [0.05, 0.1) is 19.1 Å². The molecule has 0 amide bonds. The molecular weight excluding hydrogens is 432 g/mol. The second-order valence-corrected chi connectivity index (χ2v) is 11.3. The summed E-state index contributed by atoms with van der Waals surface area (Å²) in [5.41, 5.74) is 2.47. The van der Waals surface area contributed by atoms with E-state index < -0.39 is 0 Å². The number of hydrogen-bond acceptors (Lipinski definition) is 4. The van der Waals surface area contributed by atoms with E-state index in [9.17, 15) is 0 Å². The lowest BCUT2D eigenvalue weighted by atomic mass is 9.63. The quantitative estimate of drug-likeness (QED) is 0.385. The van der Waals surface area contributed by atoms with Gasteiger partial charge in [-0.15, -0.1) is 0 Å². The van der Waals surface area contributed by atoms with Crippen LogP contribution in [0.15, 0.2) is 73.2 Å². The summed E-state index contributed by atoms with van der Waals surface area (Å²) in [5, 5.41) is 0. The van der Waals surface area contributed by atoms with Crippen molar-refractivity contribution in [1.82, 2.24) is 9.80 Å². The Kier molecular flexibility index (Phi) is 9.13. The highest BCUT2D eigenvalue weighted by molar-refractivity contribution is 5.31. The van der Waals surface area contributed by atoms with Crippen LogP contribution in [0.25, 0.3) is 0 Å². The van der Waals surface area contributed by atoms with Crippen molar-refractivity contribution in [2.75, 3.05) is 26.6 Å². The molecule has 4 rings (SSSR count). The van der Waals surface area contributed by atoms with Crippen molar-refractivity contribution >= 4 is 0 Å². The Morgan fingerprint density at radius 1 is 1.09 bits per heavy atom. The molecule has 0 aromatic rings. The maximum atomic E-state index is 6.43. The van der Waals surface area contributed by atoms with E-state index in [-0.39, 0.29) is 5.41 Å². The van der Waals surface area contributed by atoms with Gasteiger partial charge in [0.15, 0.2) is 6.73 Å². The van der Waals surface area contributed by atoms with Crippen molar-refractivity contribution in [3.8, 4) is 0 Å². The summed E-state index contributed by atoms with van der Waals surface area (Å²) < 4.78 is 12.2. The molecule has 4 aliphatic rings. The van der Waals surface area contributed by atoms with Crippen molar-refractivity contribution in [2.45, 2.75) is 77.4 Å². The molecule has 0 spiro atoms. The van der Waals surface area contributed by atoms with Crippen molar-refractivity contribution in [3.63, 3.8) is 0 Å². The molecule has 2 aliphatic carbocycles. The van der Waals surface area contributed by atoms with E-state index in [2.05, 4.69) is 61.1 Å². The lowest BCUT2D eigenvalue weighted by molar-refractivity contribution is -0.144. The Hall–Kier alpha value is -2.04. The third kappa shape index (κ3) is 6.40. The van der Waals surface area contributed by atoms with Crippen LogP contribution in [0.4, 0.5) is 0 Å². The summed E-state index contributed by atoms with van der Waals surface area (Å²) in [6.07, 6.45) is 27.3. The van der Waals surface area contributed by atoms with Crippen molar-refractivity contribution < 1.29 is 9.47 Å². The van der Waals surface area contributed by atoms with E-state index in [1.807, 2.05) is 18.4 Å². The highest BCUT2D eigenvalue weighted by Crippen LogP contribution is 2.47. The number of nitrogens with zero attached hydrogens (tertiary/aromatic N) is 2. The number of hydrogen-bond donors (Lipinski definition) is 0. The first kappa shape index (κ1) is 26.0. The van der Waals surface area contributed by atoms with E-state index in [0.717, 1.165) is 25.0 Å². The molecule has 1 saturated heterocycles. The second kappa shape index (κ2) is 12.3. The fourth-order valence-corrected chi connectivity index (χ4v) is 6.56. The molecule has 3 atom stereocenters. The summed E-state index contributed by atoms with van der Waals surface area (Å²) in [4.78, 5) is 4.83. The van der Waals surface area contributed by atoms with Crippen molar-refractivity contribution in [3.05, 3.63) is 73.2 Å². The van der Waals surface area contributed by atoms with Gasteiger partial charge in [-0.3, -0.25) is 4.90 Å². The van der Waals surface area contributed by atoms with Gasteiger partial charge in [0, 0.05) is 24.8 Å². The fraction of sp³-hybridized carbons (Fsp3) is 0.613. The Labute approximate surface area is 213 Å². The SMILES string of the molecule is C=C/C=C(\C=C)N1C/C=C/C(C(C)(C)C2CCC3OCN(C4CCCCC4)CC3C2)=C\C=C\OC1. The first-order chi connectivity index (χ1) is 17.0. The molecule has 0 aromatic carbocycles. The van der Waals surface area contributed by atoms with Crippen LogP contribution in [-0.4, -0.2) is 48.5 Å². The first-order valence-corrected chi connectivity index (χ1v) is 13.7. The fourth-order valence-electron chi connectivity index (χ4n) is 6.56. The number of allylic oxidation sites excluding steroid dienone is 7. The van der Waals surface area contributed by atoms with Gasteiger partial charge in [0.1, 0.15) is 0 Å². The summed E-state index contributed by atoms with van der Waals surface area (Å²) in [6, 6.07) is 0.741. The van der Waals surface area contributed by atoms with Gasteiger partial charge in [0.2, 0.25) is 0 Å². The lowest BCUT2D eigenvalue weighted by Crippen LogP contribution is -2.52. The van der Waals surface area contributed by atoms with E-state index in [1.165, 1.54) is 63.5 Å². The molecule has 4 nitrogen and oxygen atoms in total. The third-order valence-corrected chi connectivity index (χ3v) is 8.86. The first-order valence-electron chi connectivity index (χ1n) is 13.7. The van der Waals surface area contributed by atoms with Crippen LogP contribution in [0.3, 0.4) is 0 Å². The monoisotopic (exact) mass is 478 g/mol. The topological polar surface area (TPSA) is 24.9 Å². The van der Waals surface area contributed by atoms with Crippen LogP contribution in [0.5, 0.6) is 0 Å². The van der Waals surface area contributed by atoms with Crippen LogP contribution in [-0.2, 0) is 9.47 Å². The minimum Gasteiger partial charge on any atom is -0.481 e. The highest BCUT2D eigenvalue weighted by Gasteiger charge is 2.42. The van der Waals surface area contributed by atoms with E-state index in [0.29, 0.717) is 24.7 Å². The summed E-state index contributed by atoms with van der Waals surface area (Å²) in [6.45, 7) is 16.0. The standard InChI is InChI=1S/C31H46N2O2/c1-5-12-28(6-2)32-19-10-13-26(14-11-20-34-23-32)31(3,4)27-17-18-30-25(21-27)22-33(24-35-30)29-15-8-7-9-16-29/h5-6,10-14,20,25,27,29-30H,1-2,7-9,15-19,21-24H2,3-4H3/b13-10+,20-11+,26-14+,28-12+. The van der Waals surface area contributed by atoms with E-state index in [4.69, 9.17) is 9.47 Å². The van der Waals surface area contributed by atoms with E-state index >= 15 is 0 Å². The molecule has 0 radical (unpaired) electrons. The second-order valence-electron chi connectivity index (χ2n) is 11.3. The summed E-state index contributed by atoms with van der Waals surface area (Å²) >= 11 is 0. The van der Waals surface area contributed by atoms with Crippen LogP contribution in [0, 0.1) is 17.3 Å². The molecule has 4 heteroatoms. The Morgan fingerprint density at radius 2 is 1.91 bits per heavy atom. The molecule has 0 bridgehead atoms. The summed E-state index contributed by atoms with van der Waals surface area (Å²) in [7, 11) is 0. The molecular formula is C31H46N2O2. The van der Waals surface area contributed by atoms with Gasteiger partial charge in [-0.1, -0.05) is 70.6 Å². The average molecular weight is 479 g/mol. The Bertz CT molecular complexity index is 846. The molecule has 0 N–H and O–H groups in total. The van der Waals surface area contributed by atoms with Gasteiger partial charge < -0.3 is 14.4 Å². The molecule has 3 fully saturated rings. The van der Waals surface area contributed by atoms with Crippen LogP contribution in [0.1, 0.15) is 65.2 Å². The van der Waals surface area contributed by atoms with Gasteiger partial charge in [0.25, 0.3) is 0 Å². The minimum absolute atomic E-state index is 0.0845. The molecule has 3 unspecified atom stereocenters. The van der Waals surface area contributed by atoms with Crippen LogP contribution < -0.4 is 0 Å². The Balaban J connectivity index is 1.44. The number of rotatable bonds is 6. The molecule has 2 saturated carbocycles. The van der Waals surface area contributed by atoms with E-state index in [1.54, 1.807) is 6.08 Å². The molecule has 2 heterocycles. The van der Waals surface area contributed by atoms with Gasteiger partial charge >= 0.3 is 0 Å². The van der Waals surface area contributed by atoms with Crippen LogP contribution in [0.2, 0.25) is 0 Å². The lowest BCUT2D eigenvalue weighted by Gasteiger charge is -2.49. The predicted molar refractivity (Wildman–Crippen MR) is 145 cm³/mol. The zero-order chi connectivity index (χ0) is 24.7. The zero-order valence-electron chi connectivity index (χ0n) is 22.0. The van der Waals surface area contributed by atoms with Crippen LogP contribution >= 0.6 is 0 Å². The maximum Gasteiger partial charge on any atom is 0.160 e. The Morgan fingerprint density at radius 3 is 2.69 bits per heavy atom. The minimum atomic E-state index is 0.0845. The third-order valence-electron chi connectivity index (χ3n) is 8.86. The zero-order valence-corrected chi connectivity index (χ0v) is 22.0. The van der Waals surface area contributed by atoms with Gasteiger partial charge in [-0.05, 0) is 73.2 Å². The van der Waals surface area contributed by atoms with Crippen molar-refractivity contribution in [2.24, 2.45) is 17.3 Å². The van der Waals surface area contributed by atoms with Gasteiger partial charge in [-0.2, -0.15) is 0 Å². The average Bonchev–Trinajstić information content (AvgIpc) is 2.89. The predicted octanol–water partition coefficient (Wildman–Crippen LogP) is 6.96. The molecule has 2 aliphatic heterocycles.